The van der Waals surface area contributed by atoms with Crippen molar-refractivity contribution < 1.29 is 9.63 Å². The molecule has 1 aromatic carbocycles. The SMILES string of the molecule is CC/C(C#N)=N/OC(=O)c1ccccc1. The summed E-state index contributed by atoms with van der Waals surface area (Å²) >= 11 is 0. The highest BCUT2D eigenvalue weighted by molar-refractivity contribution is 5.98. The van der Waals surface area contributed by atoms with E-state index >= 15 is 0 Å². The molecule has 0 heterocycles. The van der Waals surface area contributed by atoms with Crippen LogP contribution in [0.25, 0.3) is 0 Å². The quantitative estimate of drug-likeness (QED) is 0.428. The summed E-state index contributed by atoms with van der Waals surface area (Å²) in [6, 6.07) is 10.3. The van der Waals surface area contributed by atoms with Gasteiger partial charge in [0.25, 0.3) is 0 Å². The van der Waals surface area contributed by atoms with Crippen molar-refractivity contribution in [1.29, 1.82) is 5.26 Å². The first kappa shape index (κ1) is 10.9. The van der Waals surface area contributed by atoms with E-state index in [4.69, 9.17) is 5.26 Å². The summed E-state index contributed by atoms with van der Waals surface area (Å²) in [6.07, 6.45) is 0.443. The van der Waals surface area contributed by atoms with Crippen molar-refractivity contribution in [2.75, 3.05) is 0 Å². The molecule has 0 saturated heterocycles. The zero-order valence-corrected chi connectivity index (χ0v) is 8.30. The van der Waals surface area contributed by atoms with Crippen LogP contribution >= 0.6 is 0 Å². The molecule has 15 heavy (non-hydrogen) atoms. The molecule has 0 radical (unpaired) electrons. The molecule has 0 aromatic heterocycles. The van der Waals surface area contributed by atoms with E-state index in [1.807, 2.05) is 6.07 Å². The minimum atomic E-state index is -0.559. The number of carbonyl (C=O) groups excluding carboxylic acids is 1. The molecule has 1 aromatic rings. The molecule has 0 atom stereocenters. The maximum Gasteiger partial charge on any atom is 0.365 e. The van der Waals surface area contributed by atoms with E-state index in [0.29, 0.717) is 12.0 Å². The van der Waals surface area contributed by atoms with E-state index in [-0.39, 0.29) is 5.71 Å². The lowest BCUT2D eigenvalue weighted by molar-refractivity contribution is 0.0516. The molecule has 0 aliphatic rings. The predicted molar refractivity (Wildman–Crippen MR) is 55.2 cm³/mol. The van der Waals surface area contributed by atoms with Crippen molar-refractivity contribution >= 4 is 11.7 Å². The van der Waals surface area contributed by atoms with Crippen LogP contribution in [0.15, 0.2) is 35.5 Å². The summed E-state index contributed by atoms with van der Waals surface area (Å²) in [5, 5.41) is 12.0. The normalized spacial score (nSPS) is 10.5. The molecule has 0 aliphatic carbocycles. The van der Waals surface area contributed by atoms with E-state index in [1.54, 1.807) is 37.3 Å². The van der Waals surface area contributed by atoms with Crippen LogP contribution in [0.1, 0.15) is 23.7 Å². The first-order valence-electron chi connectivity index (χ1n) is 4.51. The number of rotatable bonds is 3. The van der Waals surface area contributed by atoms with Crippen LogP contribution in [0.5, 0.6) is 0 Å². The Labute approximate surface area is 87.8 Å². The van der Waals surface area contributed by atoms with Crippen molar-refractivity contribution in [2.45, 2.75) is 13.3 Å². The van der Waals surface area contributed by atoms with E-state index in [0.717, 1.165) is 0 Å². The Balaban J connectivity index is 2.66. The van der Waals surface area contributed by atoms with Gasteiger partial charge in [-0.15, -0.1) is 0 Å². The third kappa shape index (κ3) is 3.24. The van der Waals surface area contributed by atoms with E-state index in [1.165, 1.54) is 0 Å². The Morgan fingerprint density at radius 2 is 2.13 bits per heavy atom. The van der Waals surface area contributed by atoms with Gasteiger partial charge in [-0.25, -0.2) is 4.79 Å². The van der Waals surface area contributed by atoms with E-state index in [9.17, 15) is 4.79 Å². The van der Waals surface area contributed by atoms with Crippen molar-refractivity contribution in [2.24, 2.45) is 5.16 Å². The van der Waals surface area contributed by atoms with Gasteiger partial charge >= 0.3 is 5.97 Å². The number of hydrogen-bond donors (Lipinski definition) is 0. The second-order valence-corrected chi connectivity index (χ2v) is 2.75. The van der Waals surface area contributed by atoms with Crippen LogP contribution in [-0.2, 0) is 4.84 Å². The van der Waals surface area contributed by atoms with Gasteiger partial charge in [-0.3, -0.25) is 0 Å². The third-order valence-electron chi connectivity index (χ3n) is 1.71. The molecule has 0 unspecified atom stereocenters. The van der Waals surface area contributed by atoms with Crippen LogP contribution in [0.2, 0.25) is 0 Å². The van der Waals surface area contributed by atoms with Crippen molar-refractivity contribution in [3.8, 4) is 6.07 Å². The summed E-state index contributed by atoms with van der Waals surface area (Å²) < 4.78 is 0. The van der Waals surface area contributed by atoms with E-state index < -0.39 is 5.97 Å². The van der Waals surface area contributed by atoms with Crippen LogP contribution in [-0.4, -0.2) is 11.7 Å². The Hall–Kier alpha value is -2.15. The molecule has 0 saturated carbocycles. The number of nitriles is 1. The van der Waals surface area contributed by atoms with E-state index in [2.05, 4.69) is 9.99 Å². The lowest BCUT2D eigenvalue weighted by Crippen LogP contribution is -2.02. The highest BCUT2D eigenvalue weighted by atomic mass is 16.7. The van der Waals surface area contributed by atoms with Gasteiger partial charge < -0.3 is 4.84 Å². The standard InChI is InChI=1S/C11H10N2O2/c1-2-10(8-12)13-15-11(14)9-6-4-3-5-7-9/h3-7H,2H2,1H3/b13-10-. The maximum absolute atomic E-state index is 11.3. The molecule has 76 valence electrons. The van der Waals surface area contributed by atoms with Gasteiger partial charge in [0.2, 0.25) is 0 Å². The van der Waals surface area contributed by atoms with Crippen molar-refractivity contribution in [3.63, 3.8) is 0 Å². The molecule has 0 fully saturated rings. The monoisotopic (exact) mass is 202 g/mol. The first-order chi connectivity index (χ1) is 7.27. The fourth-order valence-electron chi connectivity index (χ4n) is 0.888. The second kappa shape index (κ2) is 5.55. The zero-order chi connectivity index (χ0) is 11.1. The zero-order valence-electron chi connectivity index (χ0n) is 8.30. The largest absolute Gasteiger partial charge is 0.365 e. The van der Waals surface area contributed by atoms with Gasteiger partial charge in [0.05, 0.1) is 5.56 Å². The molecule has 1 rings (SSSR count). The number of nitrogens with zero attached hydrogens (tertiary/aromatic N) is 2. The Morgan fingerprint density at radius 1 is 1.47 bits per heavy atom. The lowest BCUT2D eigenvalue weighted by Gasteiger charge is -1.97. The first-order valence-corrected chi connectivity index (χ1v) is 4.51. The maximum atomic E-state index is 11.3. The van der Waals surface area contributed by atoms with Crippen LogP contribution < -0.4 is 0 Å². The van der Waals surface area contributed by atoms with Crippen LogP contribution in [0.3, 0.4) is 0 Å². The lowest BCUT2D eigenvalue weighted by atomic mass is 10.2. The average Bonchev–Trinajstić information content (AvgIpc) is 2.31. The molecule has 0 amide bonds. The van der Waals surface area contributed by atoms with Gasteiger partial charge in [0, 0.05) is 6.42 Å². The summed E-state index contributed by atoms with van der Waals surface area (Å²) in [4.78, 5) is 15.9. The Kier molecular flexibility index (Phi) is 4.05. The predicted octanol–water partition coefficient (Wildman–Crippen LogP) is 2.13. The molecule has 4 heteroatoms. The molecular weight excluding hydrogens is 192 g/mol. The van der Waals surface area contributed by atoms with Crippen molar-refractivity contribution in [1.82, 2.24) is 0 Å². The highest BCUT2D eigenvalue weighted by Gasteiger charge is 2.05. The van der Waals surface area contributed by atoms with Gasteiger partial charge in [-0.2, -0.15) is 5.26 Å². The molecule has 0 spiro atoms. The smallest absolute Gasteiger partial charge is 0.312 e. The van der Waals surface area contributed by atoms with Gasteiger partial charge in [-0.05, 0) is 12.1 Å². The van der Waals surface area contributed by atoms with Crippen LogP contribution in [0, 0.1) is 11.3 Å². The Morgan fingerprint density at radius 3 is 2.67 bits per heavy atom. The minimum Gasteiger partial charge on any atom is -0.312 e. The topological polar surface area (TPSA) is 62.4 Å². The van der Waals surface area contributed by atoms with Gasteiger partial charge in [-0.1, -0.05) is 30.3 Å². The number of carbonyl (C=O) groups is 1. The summed E-state index contributed by atoms with van der Waals surface area (Å²) in [6.45, 7) is 1.76. The summed E-state index contributed by atoms with van der Waals surface area (Å²) in [7, 11) is 0. The fourth-order valence-corrected chi connectivity index (χ4v) is 0.888. The molecule has 0 bridgehead atoms. The second-order valence-electron chi connectivity index (χ2n) is 2.75. The van der Waals surface area contributed by atoms with Crippen LogP contribution in [0.4, 0.5) is 0 Å². The van der Waals surface area contributed by atoms with Gasteiger partial charge in [0.15, 0.2) is 5.71 Å². The fraction of sp³-hybridized carbons (Fsp3) is 0.182. The number of benzene rings is 1. The van der Waals surface area contributed by atoms with Crippen molar-refractivity contribution in [3.05, 3.63) is 35.9 Å². The third-order valence-corrected chi connectivity index (χ3v) is 1.71. The number of oxime groups is 1. The highest BCUT2D eigenvalue weighted by Crippen LogP contribution is 2.01. The molecule has 0 aliphatic heterocycles. The minimum absolute atomic E-state index is 0.194. The summed E-state index contributed by atoms with van der Waals surface area (Å²) in [5.41, 5.74) is 0.605. The number of hydrogen-bond acceptors (Lipinski definition) is 4. The summed E-state index contributed by atoms with van der Waals surface area (Å²) in [5.74, 6) is -0.559. The molecule has 4 nitrogen and oxygen atoms in total. The molecule has 0 N–H and O–H groups in total. The Bertz CT molecular complexity index is 404. The molecular formula is C11H10N2O2. The van der Waals surface area contributed by atoms with Gasteiger partial charge in [0.1, 0.15) is 6.07 Å². The average molecular weight is 202 g/mol.